The van der Waals surface area contributed by atoms with Crippen molar-refractivity contribution in [2.75, 3.05) is 19.8 Å². The Morgan fingerprint density at radius 1 is 1.56 bits per heavy atom. The first-order valence-corrected chi connectivity index (χ1v) is 5.09. The summed E-state index contributed by atoms with van der Waals surface area (Å²) in [5.41, 5.74) is 5.81. The number of nitrogens with two attached hydrogens (primary N) is 1. The number of carbonyl (C=O) groups excluding carboxylic acids is 1. The zero-order valence-corrected chi connectivity index (χ0v) is 9.58. The van der Waals surface area contributed by atoms with Crippen LogP contribution in [-0.4, -0.2) is 30.6 Å². The molecule has 0 radical (unpaired) electrons. The summed E-state index contributed by atoms with van der Waals surface area (Å²) in [5.74, 6) is 1.03. The van der Waals surface area contributed by atoms with Crippen molar-refractivity contribution in [1.82, 2.24) is 10.3 Å². The standard InChI is InChI=1S/C10H17N3O3/c1-7-8(2)16-10(13-7)5-12-3-4-15-6-9(11)14/h12H,3-6H2,1-2H3,(H2,11,14). The number of carbonyl (C=O) groups is 1. The summed E-state index contributed by atoms with van der Waals surface area (Å²) in [5, 5.41) is 3.08. The number of ether oxygens (including phenoxy) is 1. The van der Waals surface area contributed by atoms with Crippen molar-refractivity contribution < 1.29 is 13.9 Å². The first kappa shape index (κ1) is 12.7. The van der Waals surface area contributed by atoms with E-state index in [1.54, 1.807) is 0 Å². The Labute approximate surface area is 94.2 Å². The Bertz CT molecular complexity index is 330. The van der Waals surface area contributed by atoms with Crippen molar-refractivity contribution in [3.63, 3.8) is 0 Å². The molecule has 0 atom stereocenters. The molecule has 0 aromatic carbocycles. The van der Waals surface area contributed by atoms with Crippen molar-refractivity contribution in [2.45, 2.75) is 20.4 Å². The van der Waals surface area contributed by atoms with Gasteiger partial charge in [0.1, 0.15) is 12.4 Å². The topological polar surface area (TPSA) is 90.4 Å². The molecule has 6 heteroatoms. The fraction of sp³-hybridized carbons (Fsp3) is 0.600. The molecule has 0 spiro atoms. The predicted molar refractivity (Wildman–Crippen MR) is 57.7 cm³/mol. The third-order valence-electron chi connectivity index (χ3n) is 2.02. The van der Waals surface area contributed by atoms with Gasteiger partial charge in [-0.1, -0.05) is 0 Å². The van der Waals surface area contributed by atoms with Crippen LogP contribution in [0.5, 0.6) is 0 Å². The van der Waals surface area contributed by atoms with Crippen LogP contribution in [0.1, 0.15) is 17.3 Å². The van der Waals surface area contributed by atoms with Gasteiger partial charge in [0.15, 0.2) is 0 Å². The maximum Gasteiger partial charge on any atom is 0.243 e. The van der Waals surface area contributed by atoms with Crippen LogP contribution in [0, 0.1) is 13.8 Å². The normalized spacial score (nSPS) is 10.6. The zero-order valence-electron chi connectivity index (χ0n) is 9.58. The van der Waals surface area contributed by atoms with E-state index in [-0.39, 0.29) is 6.61 Å². The molecule has 1 aromatic rings. The molecule has 16 heavy (non-hydrogen) atoms. The van der Waals surface area contributed by atoms with Gasteiger partial charge < -0.3 is 20.2 Å². The highest BCUT2D eigenvalue weighted by Crippen LogP contribution is 2.07. The number of oxazole rings is 1. The molecule has 1 rings (SSSR count). The minimum Gasteiger partial charge on any atom is -0.444 e. The molecule has 0 aliphatic rings. The number of hydrogen-bond acceptors (Lipinski definition) is 5. The van der Waals surface area contributed by atoms with E-state index in [4.69, 9.17) is 14.9 Å². The molecule has 0 unspecified atom stereocenters. The van der Waals surface area contributed by atoms with Gasteiger partial charge in [0.25, 0.3) is 0 Å². The van der Waals surface area contributed by atoms with Gasteiger partial charge in [-0.15, -0.1) is 0 Å². The maximum absolute atomic E-state index is 10.3. The van der Waals surface area contributed by atoms with Crippen LogP contribution in [0.4, 0.5) is 0 Å². The van der Waals surface area contributed by atoms with E-state index < -0.39 is 5.91 Å². The van der Waals surface area contributed by atoms with Crippen LogP contribution < -0.4 is 11.1 Å². The Morgan fingerprint density at radius 2 is 2.31 bits per heavy atom. The van der Waals surface area contributed by atoms with Gasteiger partial charge in [-0.05, 0) is 13.8 Å². The summed E-state index contributed by atoms with van der Waals surface area (Å²) in [6, 6.07) is 0. The quantitative estimate of drug-likeness (QED) is 0.634. The Balaban J connectivity index is 2.09. The Kier molecular flexibility index (Phi) is 4.94. The summed E-state index contributed by atoms with van der Waals surface area (Å²) < 4.78 is 10.3. The fourth-order valence-corrected chi connectivity index (χ4v) is 1.13. The van der Waals surface area contributed by atoms with Crippen molar-refractivity contribution >= 4 is 5.91 Å². The highest BCUT2D eigenvalue weighted by molar-refractivity contribution is 5.74. The van der Waals surface area contributed by atoms with Crippen LogP contribution in [0.25, 0.3) is 0 Å². The zero-order chi connectivity index (χ0) is 12.0. The molecule has 0 fully saturated rings. The van der Waals surface area contributed by atoms with Gasteiger partial charge in [0, 0.05) is 6.54 Å². The molecule has 0 saturated carbocycles. The molecule has 0 aliphatic carbocycles. The molecule has 0 bridgehead atoms. The molecule has 0 saturated heterocycles. The van der Waals surface area contributed by atoms with Crippen LogP contribution in [0.15, 0.2) is 4.42 Å². The van der Waals surface area contributed by atoms with E-state index in [1.165, 1.54) is 0 Å². The highest BCUT2D eigenvalue weighted by atomic mass is 16.5. The van der Waals surface area contributed by atoms with Gasteiger partial charge >= 0.3 is 0 Å². The van der Waals surface area contributed by atoms with Crippen LogP contribution in [-0.2, 0) is 16.1 Å². The van der Waals surface area contributed by atoms with Gasteiger partial charge in [-0.3, -0.25) is 4.79 Å². The Morgan fingerprint density at radius 3 is 2.88 bits per heavy atom. The monoisotopic (exact) mass is 227 g/mol. The summed E-state index contributed by atoms with van der Waals surface area (Å²) in [4.78, 5) is 14.6. The second kappa shape index (κ2) is 6.24. The SMILES string of the molecule is Cc1nc(CNCCOCC(N)=O)oc1C. The summed E-state index contributed by atoms with van der Waals surface area (Å²) in [7, 11) is 0. The smallest absolute Gasteiger partial charge is 0.243 e. The molecular formula is C10H17N3O3. The molecule has 1 heterocycles. The average molecular weight is 227 g/mol. The molecule has 0 aliphatic heterocycles. The number of rotatable bonds is 7. The largest absolute Gasteiger partial charge is 0.444 e. The third kappa shape index (κ3) is 4.41. The summed E-state index contributed by atoms with van der Waals surface area (Å²) in [6.07, 6.45) is 0. The molecule has 1 amide bonds. The van der Waals surface area contributed by atoms with Gasteiger partial charge in [-0.25, -0.2) is 4.98 Å². The fourth-order valence-electron chi connectivity index (χ4n) is 1.13. The average Bonchev–Trinajstić information content (AvgIpc) is 2.52. The first-order chi connectivity index (χ1) is 7.59. The van der Waals surface area contributed by atoms with Crippen molar-refractivity contribution in [3.05, 3.63) is 17.3 Å². The molecule has 6 nitrogen and oxygen atoms in total. The highest BCUT2D eigenvalue weighted by Gasteiger charge is 2.04. The molecule has 3 N–H and O–H groups in total. The minimum atomic E-state index is -0.459. The lowest BCUT2D eigenvalue weighted by molar-refractivity contribution is -0.122. The van der Waals surface area contributed by atoms with E-state index in [1.807, 2.05) is 13.8 Å². The lowest BCUT2D eigenvalue weighted by atomic mass is 10.4. The predicted octanol–water partition coefficient (Wildman–Crippen LogP) is -0.117. The number of aryl methyl sites for hydroxylation is 2. The third-order valence-corrected chi connectivity index (χ3v) is 2.02. The van der Waals surface area contributed by atoms with Gasteiger partial charge in [0.05, 0.1) is 18.8 Å². The number of aromatic nitrogens is 1. The maximum atomic E-state index is 10.3. The van der Waals surface area contributed by atoms with Crippen molar-refractivity contribution in [2.24, 2.45) is 5.73 Å². The molecular weight excluding hydrogens is 210 g/mol. The summed E-state index contributed by atoms with van der Waals surface area (Å²) in [6.45, 7) is 5.34. The lowest BCUT2D eigenvalue weighted by Gasteiger charge is -2.02. The molecule has 1 aromatic heterocycles. The van der Waals surface area contributed by atoms with E-state index in [9.17, 15) is 4.79 Å². The second-order valence-corrected chi connectivity index (χ2v) is 3.44. The van der Waals surface area contributed by atoms with E-state index in [0.29, 0.717) is 25.6 Å². The number of nitrogens with one attached hydrogen (secondary N) is 1. The number of hydrogen-bond donors (Lipinski definition) is 2. The van der Waals surface area contributed by atoms with Crippen molar-refractivity contribution in [1.29, 1.82) is 0 Å². The molecule has 90 valence electrons. The summed E-state index contributed by atoms with van der Waals surface area (Å²) >= 11 is 0. The van der Waals surface area contributed by atoms with Crippen LogP contribution in [0.2, 0.25) is 0 Å². The Hall–Kier alpha value is -1.40. The van der Waals surface area contributed by atoms with Crippen LogP contribution >= 0.6 is 0 Å². The number of nitrogens with zero attached hydrogens (tertiary/aromatic N) is 1. The van der Waals surface area contributed by atoms with Gasteiger partial charge in [-0.2, -0.15) is 0 Å². The first-order valence-electron chi connectivity index (χ1n) is 5.09. The van der Waals surface area contributed by atoms with E-state index >= 15 is 0 Å². The second-order valence-electron chi connectivity index (χ2n) is 3.44. The van der Waals surface area contributed by atoms with E-state index in [0.717, 1.165) is 11.5 Å². The van der Waals surface area contributed by atoms with Crippen molar-refractivity contribution in [3.8, 4) is 0 Å². The van der Waals surface area contributed by atoms with Crippen LogP contribution in [0.3, 0.4) is 0 Å². The minimum absolute atomic E-state index is 0.0428. The van der Waals surface area contributed by atoms with Gasteiger partial charge in [0.2, 0.25) is 11.8 Å². The lowest BCUT2D eigenvalue weighted by Crippen LogP contribution is -2.23. The number of primary amides is 1. The number of amides is 1. The van der Waals surface area contributed by atoms with E-state index in [2.05, 4.69) is 10.3 Å².